The topological polar surface area (TPSA) is 25.4 Å². The number of ether oxygens (including phenoxy) is 1. The molecule has 3 rings (SSSR count). The number of thiophene rings is 1. The predicted octanol–water partition coefficient (Wildman–Crippen LogP) is 3.17. The van der Waals surface area contributed by atoms with E-state index in [1.54, 1.807) is 23.7 Å². The van der Waals surface area contributed by atoms with E-state index in [9.17, 15) is 0 Å². The normalized spacial score (nSPS) is 16.5. The van der Waals surface area contributed by atoms with Crippen LogP contribution in [0.3, 0.4) is 0 Å². The van der Waals surface area contributed by atoms with Gasteiger partial charge in [-0.3, -0.25) is 9.88 Å². The van der Waals surface area contributed by atoms with Crippen LogP contribution < -0.4 is 4.74 Å². The summed E-state index contributed by atoms with van der Waals surface area (Å²) < 4.78 is 7.01. The van der Waals surface area contributed by atoms with Gasteiger partial charge in [0.15, 0.2) is 0 Å². The van der Waals surface area contributed by atoms with Crippen molar-refractivity contribution >= 4 is 27.3 Å². The number of halogens is 1. The minimum Gasteiger partial charge on any atom is -0.488 e. The van der Waals surface area contributed by atoms with Gasteiger partial charge in [-0.15, -0.1) is 11.3 Å². The lowest BCUT2D eigenvalue weighted by atomic mass is 10.1. The van der Waals surface area contributed by atoms with Gasteiger partial charge < -0.3 is 4.74 Å². The third-order valence-electron chi connectivity index (χ3n) is 2.88. The molecular formula is C13H13BrN2OS. The standard InChI is InChI=1S/C13H13BrN2OS/c14-10-5-13(18-9-10)8-16-6-12(7-16)17-11-1-3-15-4-2-11/h1-5,9,12H,6-8H2. The zero-order valence-corrected chi connectivity index (χ0v) is 12.2. The fourth-order valence-corrected chi connectivity index (χ4v) is 3.48. The van der Waals surface area contributed by atoms with Crippen molar-refractivity contribution in [1.82, 2.24) is 9.88 Å². The lowest BCUT2D eigenvalue weighted by molar-refractivity contribution is 0.0151. The molecule has 0 aliphatic carbocycles. The molecule has 0 radical (unpaired) electrons. The van der Waals surface area contributed by atoms with Crippen LogP contribution in [0.25, 0.3) is 0 Å². The van der Waals surface area contributed by atoms with E-state index < -0.39 is 0 Å². The first-order valence-electron chi connectivity index (χ1n) is 5.81. The van der Waals surface area contributed by atoms with Crippen molar-refractivity contribution in [3.05, 3.63) is 45.3 Å². The Bertz CT molecular complexity index is 511. The van der Waals surface area contributed by atoms with Crippen LogP contribution in [0, 0.1) is 0 Å². The highest BCUT2D eigenvalue weighted by Gasteiger charge is 2.28. The molecule has 1 fully saturated rings. The van der Waals surface area contributed by atoms with E-state index >= 15 is 0 Å². The van der Waals surface area contributed by atoms with Gasteiger partial charge in [0.2, 0.25) is 0 Å². The molecule has 0 atom stereocenters. The molecule has 5 heteroatoms. The van der Waals surface area contributed by atoms with Gasteiger partial charge in [0.05, 0.1) is 0 Å². The molecule has 94 valence electrons. The van der Waals surface area contributed by atoms with Crippen LogP contribution in [0.2, 0.25) is 0 Å². The fourth-order valence-electron chi connectivity index (χ4n) is 1.99. The fraction of sp³-hybridized carbons (Fsp3) is 0.308. The first kappa shape index (κ1) is 12.1. The van der Waals surface area contributed by atoms with Crippen LogP contribution in [0.15, 0.2) is 40.4 Å². The van der Waals surface area contributed by atoms with E-state index in [0.717, 1.165) is 25.4 Å². The SMILES string of the molecule is Brc1csc(CN2CC(Oc3ccncc3)C2)c1. The maximum Gasteiger partial charge on any atom is 0.124 e. The molecule has 0 amide bonds. The van der Waals surface area contributed by atoms with Gasteiger partial charge >= 0.3 is 0 Å². The minimum atomic E-state index is 0.316. The Labute approximate surface area is 119 Å². The zero-order valence-electron chi connectivity index (χ0n) is 9.75. The Kier molecular flexibility index (Phi) is 3.63. The van der Waals surface area contributed by atoms with Crippen LogP contribution >= 0.6 is 27.3 Å². The van der Waals surface area contributed by atoms with E-state index in [4.69, 9.17) is 4.74 Å². The van der Waals surface area contributed by atoms with E-state index in [1.165, 1.54) is 9.35 Å². The summed E-state index contributed by atoms with van der Waals surface area (Å²) >= 11 is 5.27. The molecule has 2 aromatic rings. The summed E-state index contributed by atoms with van der Waals surface area (Å²) in [6.45, 7) is 3.02. The van der Waals surface area contributed by atoms with Crippen molar-refractivity contribution in [2.45, 2.75) is 12.6 Å². The second-order valence-corrected chi connectivity index (χ2v) is 6.26. The average Bonchev–Trinajstić information content (AvgIpc) is 2.73. The third kappa shape index (κ3) is 2.91. The third-order valence-corrected chi connectivity index (χ3v) is 4.56. The summed E-state index contributed by atoms with van der Waals surface area (Å²) in [6.07, 6.45) is 3.83. The molecule has 3 nitrogen and oxygen atoms in total. The molecular weight excluding hydrogens is 312 g/mol. The number of rotatable bonds is 4. The van der Waals surface area contributed by atoms with Crippen molar-refractivity contribution in [2.75, 3.05) is 13.1 Å². The lowest BCUT2D eigenvalue weighted by Gasteiger charge is -2.38. The molecule has 1 saturated heterocycles. The van der Waals surface area contributed by atoms with E-state index in [-0.39, 0.29) is 0 Å². The molecule has 18 heavy (non-hydrogen) atoms. The van der Waals surface area contributed by atoms with E-state index in [0.29, 0.717) is 6.10 Å². The number of hydrogen-bond acceptors (Lipinski definition) is 4. The smallest absolute Gasteiger partial charge is 0.124 e. The first-order chi connectivity index (χ1) is 8.79. The quantitative estimate of drug-likeness (QED) is 0.863. The minimum absolute atomic E-state index is 0.316. The van der Waals surface area contributed by atoms with Crippen molar-refractivity contribution in [2.24, 2.45) is 0 Å². The number of hydrogen-bond donors (Lipinski definition) is 0. The monoisotopic (exact) mass is 324 g/mol. The molecule has 0 aromatic carbocycles. The second-order valence-electron chi connectivity index (χ2n) is 4.35. The summed E-state index contributed by atoms with van der Waals surface area (Å²) in [5.74, 6) is 0.911. The van der Waals surface area contributed by atoms with Crippen molar-refractivity contribution < 1.29 is 4.74 Å². The van der Waals surface area contributed by atoms with Gasteiger partial charge in [-0.2, -0.15) is 0 Å². The largest absolute Gasteiger partial charge is 0.488 e. The Morgan fingerprint density at radius 2 is 2.17 bits per heavy atom. The maximum absolute atomic E-state index is 5.84. The van der Waals surface area contributed by atoms with Crippen LogP contribution in [0.5, 0.6) is 5.75 Å². The van der Waals surface area contributed by atoms with Crippen LogP contribution in [0.1, 0.15) is 4.88 Å². The lowest BCUT2D eigenvalue weighted by Crippen LogP contribution is -2.52. The van der Waals surface area contributed by atoms with Gasteiger partial charge in [-0.1, -0.05) is 0 Å². The molecule has 1 aliphatic rings. The average molecular weight is 325 g/mol. The molecule has 0 N–H and O–H groups in total. The van der Waals surface area contributed by atoms with Gasteiger partial charge in [0, 0.05) is 46.8 Å². The molecule has 0 unspecified atom stereocenters. The first-order valence-corrected chi connectivity index (χ1v) is 7.49. The number of aromatic nitrogens is 1. The summed E-state index contributed by atoms with van der Waals surface area (Å²) in [5.41, 5.74) is 0. The Morgan fingerprint density at radius 1 is 1.39 bits per heavy atom. The summed E-state index contributed by atoms with van der Waals surface area (Å²) in [7, 11) is 0. The predicted molar refractivity (Wildman–Crippen MR) is 75.9 cm³/mol. The Balaban J connectivity index is 1.46. The van der Waals surface area contributed by atoms with Crippen molar-refractivity contribution in [1.29, 1.82) is 0 Å². The highest BCUT2D eigenvalue weighted by Crippen LogP contribution is 2.24. The molecule has 1 aliphatic heterocycles. The van der Waals surface area contributed by atoms with Crippen molar-refractivity contribution in [3.8, 4) is 5.75 Å². The molecule has 2 aromatic heterocycles. The summed E-state index contributed by atoms with van der Waals surface area (Å²) in [4.78, 5) is 7.76. The second kappa shape index (κ2) is 5.38. The van der Waals surface area contributed by atoms with Gasteiger partial charge in [-0.05, 0) is 34.1 Å². The van der Waals surface area contributed by atoms with E-state index in [2.05, 4.69) is 37.3 Å². The van der Waals surface area contributed by atoms with Gasteiger partial charge in [0.25, 0.3) is 0 Å². The molecule has 0 bridgehead atoms. The highest BCUT2D eigenvalue weighted by molar-refractivity contribution is 9.10. The molecule has 3 heterocycles. The molecule has 0 spiro atoms. The van der Waals surface area contributed by atoms with Crippen LogP contribution in [0.4, 0.5) is 0 Å². The van der Waals surface area contributed by atoms with Crippen LogP contribution in [-0.2, 0) is 6.54 Å². The van der Waals surface area contributed by atoms with Gasteiger partial charge in [-0.25, -0.2) is 0 Å². The maximum atomic E-state index is 5.84. The highest BCUT2D eigenvalue weighted by atomic mass is 79.9. The Morgan fingerprint density at radius 3 is 2.83 bits per heavy atom. The molecule has 0 saturated carbocycles. The van der Waals surface area contributed by atoms with E-state index in [1.807, 2.05) is 12.1 Å². The number of nitrogens with zero attached hydrogens (tertiary/aromatic N) is 2. The zero-order chi connectivity index (χ0) is 12.4. The van der Waals surface area contributed by atoms with Gasteiger partial charge in [0.1, 0.15) is 11.9 Å². The van der Waals surface area contributed by atoms with Crippen molar-refractivity contribution in [3.63, 3.8) is 0 Å². The summed E-state index contributed by atoms with van der Waals surface area (Å²) in [5, 5.41) is 2.13. The number of pyridine rings is 1. The van der Waals surface area contributed by atoms with Crippen LogP contribution in [-0.4, -0.2) is 29.1 Å². The summed E-state index contributed by atoms with van der Waals surface area (Å²) in [6, 6.07) is 5.99. The number of likely N-dealkylation sites (tertiary alicyclic amines) is 1. The Hall–Kier alpha value is -0.910.